The number of hydrogen-bond acceptors (Lipinski definition) is 2. The maximum atomic E-state index is 11.6. The van der Waals surface area contributed by atoms with Gasteiger partial charge in [-0.2, -0.15) is 0 Å². The van der Waals surface area contributed by atoms with Gasteiger partial charge in [-0.3, -0.25) is 0 Å². The van der Waals surface area contributed by atoms with Gasteiger partial charge in [0.2, 0.25) is 0 Å². The zero-order chi connectivity index (χ0) is 13.2. The molecule has 0 bridgehead atoms. The third-order valence-corrected chi connectivity index (χ3v) is 3.90. The third kappa shape index (κ3) is 2.71. The van der Waals surface area contributed by atoms with Crippen molar-refractivity contribution in [2.45, 2.75) is 32.1 Å². The Hall–Kier alpha value is -0.830. The Labute approximate surface area is 136 Å². The zero-order valence-corrected chi connectivity index (χ0v) is 13.8. The Kier molecular flexibility index (Phi) is 5.60. The maximum Gasteiger partial charge on any atom is 1.00 e. The number of carboxylic acid groups (broad SMARTS) is 1. The van der Waals surface area contributed by atoms with Crippen molar-refractivity contribution in [3.63, 3.8) is 0 Å². The summed E-state index contributed by atoms with van der Waals surface area (Å²) >= 11 is 0. The SMILES string of the molecule is CCC(CC)(C(=O)[O-])c1cccc2ccccc12.[Na+]. The number of carbonyl (C=O) groups excluding carboxylic acids is 1. The summed E-state index contributed by atoms with van der Waals surface area (Å²) in [5.41, 5.74) is -0.0217. The molecule has 0 radical (unpaired) electrons. The molecule has 0 amide bonds. The molecule has 0 heterocycles. The third-order valence-electron chi connectivity index (χ3n) is 3.90. The smallest absolute Gasteiger partial charge is 0.549 e. The number of carboxylic acids is 1. The molecule has 0 aliphatic heterocycles. The summed E-state index contributed by atoms with van der Waals surface area (Å²) in [5.74, 6) is -0.983. The molecule has 0 saturated carbocycles. The van der Waals surface area contributed by atoms with Gasteiger partial charge in [0.25, 0.3) is 0 Å². The number of benzene rings is 2. The average Bonchev–Trinajstić information content (AvgIpc) is 2.40. The van der Waals surface area contributed by atoms with Crippen molar-refractivity contribution in [1.82, 2.24) is 0 Å². The number of rotatable bonds is 4. The molecule has 0 aliphatic carbocycles. The van der Waals surface area contributed by atoms with Crippen molar-refractivity contribution < 1.29 is 39.5 Å². The first kappa shape index (κ1) is 16.2. The van der Waals surface area contributed by atoms with Crippen molar-refractivity contribution in [2.24, 2.45) is 0 Å². The van der Waals surface area contributed by atoms with E-state index in [1.807, 2.05) is 56.3 Å². The normalized spacial score (nSPS) is 11.1. The monoisotopic (exact) mass is 264 g/mol. The predicted octanol–water partition coefficient (Wildman–Crippen LogP) is -0.348. The molecule has 2 aromatic rings. The minimum absolute atomic E-state index is 0. The molecular weight excluding hydrogens is 247 g/mol. The first-order valence-electron chi connectivity index (χ1n) is 6.35. The van der Waals surface area contributed by atoms with E-state index >= 15 is 0 Å². The standard InChI is InChI=1S/C16H18O2.Na/c1-3-16(4-2,15(17)18)14-11-7-9-12-8-5-6-10-13(12)14;/h5-11H,3-4H2,1-2H3,(H,17,18);/q;+1/p-1. The molecular formula is C16H17NaO2. The van der Waals surface area contributed by atoms with Gasteiger partial charge in [-0.25, -0.2) is 0 Å². The van der Waals surface area contributed by atoms with Crippen LogP contribution in [0.2, 0.25) is 0 Å². The Morgan fingerprint density at radius 3 is 2.21 bits per heavy atom. The van der Waals surface area contributed by atoms with Crippen molar-refractivity contribution in [3.05, 3.63) is 48.0 Å². The van der Waals surface area contributed by atoms with Gasteiger partial charge in [0.05, 0.1) is 5.97 Å². The van der Waals surface area contributed by atoms with Gasteiger partial charge in [-0.15, -0.1) is 0 Å². The fourth-order valence-electron chi connectivity index (χ4n) is 2.67. The Balaban J connectivity index is 0.00000180. The van der Waals surface area contributed by atoms with E-state index in [0.29, 0.717) is 12.8 Å². The van der Waals surface area contributed by atoms with Crippen LogP contribution >= 0.6 is 0 Å². The average molecular weight is 264 g/mol. The Bertz CT molecular complexity index is 568. The molecule has 3 heteroatoms. The van der Waals surface area contributed by atoms with Gasteiger partial charge in [0.1, 0.15) is 0 Å². The summed E-state index contributed by atoms with van der Waals surface area (Å²) in [5, 5.41) is 13.7. The molecule has 2 rings (SSSR count). The summed E-state index contributed by atoms with van der Waals surface area (Å²) in [4.78, 5) is 11.6. The van der Waals surface area contributed by atoms with E-state index in [4.69, 9.17) is 0 Å². The van der Waals surface area contributed by atoms with Gasteiger partial charge in [-0.05, 0) is 29.2 Å². The van der Waals surface area contributed by atoms with Gasteiger partial charge in [-0.1, -0.05) is 56.3 Å². The topological polar surface area (TPSA) is 40.1 Å². The Morgan fingerprint density at radius 1 is 1.05 bits per heavy atom. The van der Waals surface area contributed by atoms with E-state index in [1.165, 1.54) is 0 Å². The number of carbonyl (C=O) groups is 1. The fourth-order valence-corrected chi connectivity index (χ4v) is 2.67. The summed E-state index contributed by atoms with van der Waals surface area (Å²) in [6.07, 6.45) is 1.08. The molecule has 0 spiro atoms. The Morgan fingerprint density at radius 2 is 1.63 bits per heavy atom. The van der Waals surface area contributed by atoms with Gasteiger partial charge in [0, 0.05) is 5.41 Å². The summed E-state index contributed by atoms with van der Waals surface area (Å²) < 4.78 is 0. The first-order valence-corrected chi connectivity index (χ1v) is 6.35. The van der Waals surface area contributed by atoms with E-state index in [1.54, 1.807) is 0 Å². The van der Waals surface area contributed by atoms with Crippen molar-refractivity contribution in [1.29, 1.82) is 0 Å². The van der Waals surface area contributed by atoms with Crippen LogP contribution in [0.15, 0.2) is 42.5 Å². The first-order chi connectivity index (χ1) is 8.65. The zero-order valence-electron chi connectivity index (χ0n) is 11.8. The van der Waals surface area contributed by atoms with E-state index in [2.05, 4.69) is 0 Å². The van der Waals surface area contributed by atoms with Crippen LogP contribution in [0.4, 0.5) is 0 Å². The maximum absolute atomic E-state index is 11.6. The van der Waals surface area contributed by atoms with E-state index < -0.39 is 11.4 Å². The summed E-state index contributed by atoms with van der Waals surface area (Å²) in [6, 6.07) is 13.7. The van der Waals surface area contributed by atoms with Crippen molar-refractivity contribution in [2.75, 3.05) is 0 Å². The fraction of sp³-hybridized carbons (Fsp3) is 0.312. The van der Waals surface area contributed by atoms with Gasteiger partial charge in [0.15, 0.2) is 0 Å². The largest absolute Gasteiger partial charge is 1.00 e. The van der Waals surface area contributed by atoms with Crippen molar-refractivity contribution in [3.8, 4) is 0 Å². The summed E-state index contributed by atoms with van der Waals surface area (Å²) in [6.45, 7) is 3.81. The van der Waals surface area contributed by atoms with Crippen LogP contribution in [0.5, 0.6) is 0 Å². The molecule has 0 saturated heterocycles. The number of aliphatic carboxylic acids is 1. The van der Waals surface area contributed by atoms with Crippen LogP contribution in [0.1, 0.15) is 32.3 Å². The molecule has 0 unspecified atom stereocenters. The van der Waals surface area contributed by atoms with Crippen LogP contribution in [-0.2, 0) is 10.2 Å². The minimum Gasteiger partial charge on any atom is -0.549 e. The predicted molar refractivity (Wildman–Crippen MR) is 71.2 cm³/mol. The van der Waals surface area contributed by atoms with Gasteiger partial charge < -0.3 is 9.90 Å². The van der Waals surface area contributed by atoms with Crippen LogP contribution in [0.3, 0.4) is 0 Å². The molecule has 19 heavy (non-hydrogen) atoms. The van der Waals surface area contributed by atoms with Crippen LogP contribution < -0.4 is 34.7 Å². The summed E-state index contributed by atoms with van der Waals surface area (Å²) in [7, 11) is 0. The quantitative estimate of drug-likeness (QED) is 0.708. The molecule has 0 aliphatic rings. The second-order valence-electron chi connectivity index (χ2n) is 4.60. The second kappa shape index (κ2) is 6.56. The number of fused-ring (bicyclic) bond motifs is 1. The molecule has 94 valence electrons. The van der Waals surface area contributed by atoms with Gasteiger partial charge >= 0.3 is 29.6 Å². The van der Waals surface area contributed by atoms with Crippen LogP contribution in [-0.4, -0.2) is 5.97 Å². The molecule has 0 atom stereocenters. The second-order valence-corrected chi connectivity index (χ2v) is 4.60. The van der Waals surface area contributed by atoms with Crippen LogP contribution in [0.25, 0.3) is 10.8 Å². The minimum atomic E-state index is -0.983. The molecule has 2 aromatic carbocycles. The molecule has 0 fully saturated rings. The van der Waals surface area contributed by atoms with E-state index in [-0.39, 0.29) is 29.6 Å². The molecule has 2 nitrogen and oxygen atoms in total. The molecule has 0 aromatic heterocycles. The van der Waals surface area contributed by atoms with Crippen LogP contribution in [0, 0.1) is 0 Å². The number of hydrogen-bond donors (Lipinski definition) is 0. The van der Waals surface area contributed by atoms with Crippen molar-refractivity contribution >= 4 is 16.7 Å². The van der Waals surface area contributed by atoms with E-state index in [0.717, 1.165) is 16.3 Å². The van der Waals surface area contributed by atoms with E-state index in [9.17, 15) is 9.90 Å². The molecule has 0 N–H and O–H groups in total.